The number of unbranched alkanes of at least 4 members (excludes halogenated alkanes) is 3. The van der Waals surface area contributed by atoms with Crippen LogP contribution < -0.4 is 30.3 Å². The fourth-order valence-electron chi connectivity index (χ4n) is 5.44. The van der Waals surface area contributed by atoms with Gasteiger partial charge in [-0.15, -0.1) is 10.1 Å². The number of hydrogen-bond donors (Lipinski definition) is 2. The van der Waals surface area contributed by atoms with Gasteiger partial charge in [0.1, 0.15) is 6.61 Å². The van der Waals surface area contributed by atoms with Crippen molar-refractivity contribution in [2.45, 2.75) is 64.3 Å². The molecule has 0 fully saturated rings. The summed E-state index contributed by atoms with van der Waals surface area (Å²) >= 11 is 0. The lowest BCUT2D eigenvalue weighted by Gasteiger charge is -2.19. The molecule has 2 aromatic rings. The van der Waals surface area contributed by atoms with Crippen LogP contribution in [0.25, 0.3) is 11.1 Å². The summed E-state index contributed by atoms with van der Waals surface area (Å²) in [6.45, 7) is 1.73. The maximum absolute atomic E-state index is 13.4. The average Bonchev–Trinajstić information content (AvgIpc) is 3.30. The van der Waals surface area contributed by atoms with E-state index in [-0.39, 0.29) is 56.2 Å². The lowest BCUT2D eigenvalue weighted by atomic mass is 9.95. The number of carbonyl (C=O) groups excluding carboxylic acids is 3. The van der Waals surface area contributed by atoms with Gasteiger partial charge >= 0.3 is 11.9 Å². The lowest BCUT2D eigenvalue weighted by molar-refractivity contribution is -0.757. The molecule has 0 saturated heterocycles. The molecule has 262 valence electrons. The zero-order valence-corrected chi connectivity index (χ0v) is 27.7. The Hall–Kier alpha value is -5.08. The van der Waals surface area contributed by atoms with Gasteiger partial charge < -0.3 is 39.2 Å². The molecule has 1 aliphatic rings. The molecule has 0 radical (unpaired) electrons. The predicted molar refractivity (Wildman–Crippen MR) is 174 cm³/mol. The van der Waals surface area contributed by atoms with Crippen LogP contribution in [0.3, 0.4) is 0 Å². The SMILES string of the molecule is COc1cc2c(c(OC)c1OC)-c1ccc(NCCOC(=O)CCC(=O)OCCCCCCO[N+](=O)[O-])c(=O)cc1[C@@H](NC(C)=O)CC2. The number of carbonyl (C=O) groups is 3. The molecule has 1 amide bonds. The highest BCUT2D eigenvalue weighted by Crippen LogP contribution is 2.50. The van der Waals surface area contributed by atoms with E-state index in [9.17, 15) is 29.3 Å². The molecule has 0 aliphatic heterocycles. The zero-order chi connectivity index (χ0) is 35.1. The van der Waals surface area contributed by atoms with Crippen LogP contribution in [-0.4, -0.2) is 70.6 Å². The van der Waals surface area contributed by atoms with Crippen LogP contribution in [0, 0.1) is 10.1 Å². The van der Waals surface area contributed by atoms with E-state index in [0.29, 0.717) is 60.5 Å². The van der Waals surface area contributed by atoms with Crippen molar-refractivity contribution in [1.82, 2.24) is 5.32 Å². The quantitative estimate of drug-likeness (QED) is 0.0945. The Morgan fingerprint density at radius 3 is 2.19 bits per heavy atom. The minimum atomic E-state index is -0.832. The van der Waals surface area contributed by atoms with Crippen LogP contribution in [0.15, 0.2) is 29.1 Å². The van der Waals surface area contributed by atoms with Gasteiger partial charge in [0.05, 0.1) is 59.1 Å². The average molecular weight is 674 g/mol. The fourth-order valence-corrected chi connectivity index (χ4v) is 5.44. The standard InChI is InChI=1S/C33H43N3O12/c1-21(37)35-25-11-9-22-19-28(43-2)32(44-3)33(45-4)31(22)23-10-12-26(27(38)20-24(23)25)34-15-18-47-30(40)14-13-29(39)46-16-7-5-6-8-17-48-36(41)42/h10,12,19-20,25H,5-9,11,13-18H2,1-4H3,(H,34,38)(H,35,37)/t25-/m0/s1. The molecule has 2 N–H and O–H groups in total. The van der Waals surface area contributed by atoms with E-state index >= 15 is 0 Å². The van der Waals surface area contributed by atoms with Crippen molar-refractivity contribution < 1.29 is 48.0 Å². The van der Waals surface area contributed by atoms with E-state index in [1.807, 2.05) is 6.07 Å². The molecule has 2 aromatic carbocycles. The third kappa shape index (κ3) is 10.7. The molecular formula is C33H43N3O12. The van der Waals surface area contributed by atoms with Crippen molar-refractivity contribution in [1.29, 1.82) is 0 Å². The number of benzene rings is 1. The first-order valence-electron chi connectivity index (χ1n) is 15.7. The molecule has 15 heteroatoms. The predicted octanol–water partition coefficient (Wildman–Crippen LogP) is 3.91. The van der Waals surface area contributed by atoms with E-state index in [2.05, 4.69) is 15.5 Å². The molecule has 48 heavy (non-hydrogen) atoms. The molecule has 1 aliphatic carbocycles. The zero-order valence-electron chi connectivity index (χ0n) is 27.7. The Morgan fingerprint density at radius 1 is 0.896 bits per heavy atom. The largest absolute Gasteiger partial charge is 0.493 e. The molecular weight excluding hydrogens is 630 g/mol. The van der Waals surface area contributed by atoms with Crippen molar-refractivity contribution in [3.05, 3.63) is 55.7 Å². The molecule has 0 spiro atoms. The Labute approximate surface area is 278 Å². The number of aryl methyl sites for hydroxylation is 1. The second-order valence-electron chi connectivity index (χ2n) is 10.9. The molecule has 0 aromatic heterocycles. The van der Waals surface area contributed by atoms with Crippen LogP contribution in [0.2, 0.25) is 0 Å². The second kappa shape index (κ2) is 18.9. The van der Waals surface area contributed by atoms with Gasteiger partial charge in [-0.2, -0.15) is 0 Å². The topological polar surface area (TPSA) is 191 Å². The minimum Gasteiger partial charge on any atom is -0.493 e. The number of anilines is 1. The summed E-state index contributed by atoms with van der Waals surface area (Å²) in [5.74, 6) is -0.00127. The van der Waals surface area contributed by atoms with E-state index in [1.54, 1.807) is 12.1 Å². The first-order valence-corrected chi connectivity index (χ1v) is 15.7. The summed E-state index contributed by atoms with van der Waals surface area (Å²) in [7, 11) is 4.58. The fraction of sp³-hybridized carbons (Fsp3) is 0.515. The summed E-state index contributed by atoms with van der Waals surface area (Å²) in [5.41, 5.74) is 2.87. The maximum Gasteiger partial charge on any atom is 0.306 e. The number of rotatable bonds is 19. The van der Waals surface area contributed by atoms with Gasteiger partial charge in [0.25, 0.3) is 5.09 Å². The van der Waals surface area contributed by atoms with Crippen LogP contribution in [-0.2, 0) is 35.1 Å². The van der Waals surface area contributed by atoms with Gasteiger partial charge in [0, 0.05) is 19.0 Å². The van der Waals surface area contributed by atoms with Crippen molar-refractivity contribution in [3.8, 4) is 28.4 Å². The highest BCUT2D eigenvalue weighted by atomic mass is 16.9. The van der Waals surface area contributed by atoms with E-state index in [4.69, 9.17) is 23.7 Å². The normalized spacial score (nSPS) is 13.1. The van der Waals surface area contributed by atoms with E-state index < -0.39 is 23.1 Å². The first-order chi connectivity index (χ1) is 23.1. The molecule has 1 atom stereocenters. The third-order valence-electron chi connectivity index (χ3n) is 7.63. The lowest BCUT2D eigenvalue weighted by Crippen LogP contribution is -2.26. The van der Waals surface area contributed by atoms with Crippen LogP contribution in [0.1, 0.15) is 69.0 Å². The smallest absolute Gasteiger partial charge is 0.306 e. The Morgan fingerprint density at radius 2 is 1.56 bits per heavy atom. The van der Waals surface area contributed by atoms with Crippen LogP contribution in [0.5, 0.6) is 17.2 Å². The van der Waals surface area contributed by atoms with Gasteiger partial charge in [-0.3, -0.25) is 19.2 Å². The van der Waals surface area contributed by atoms with Gasteiger partial charge in [-0.05, 0) is 67.0 Å². The number of nitrogens with zero attached hydrogens (tertiary/aromatic N) is 1. The van der Waals surface area contributed by atoms with Crippen molar-refractivity contribution in [3.63, 3.8) is 0 Å². The Kier molecular flexibility index (Phi) is 14.7. The highest BCUT2D eigenvalue weighted by Gasteiger charge is 2.29. The monoisotopic (exact) mass is 673 g/mol. The van der Waals surface area contributed by atoms with Crippen LogP contribution in [0.4, 0.5) is 5.69 Å². The Bertz CT molecular complexity index is 1510. The van der Waals surface area contributed by atoms with Gasteiger partial charge in [-0.25, -0.2) is 0 Å². The molecule has 0 saturated carbocycles. The van der Waals surface area contributed by atoms with E-state index in [1.165, 1.54) is 34.3 Å². The summed E-state index contributed by atoms with van der Waals surface area (Å²) < 4.78 is 27.3. The van der Waals surface area contributed by atoms with Gasteiger partial charge in [-0.1, -0.05) is 12.5 Å². The summed E-state index contributed by atoms with van der Waals surface area (Å²) in [5, 5.41) is 15.2. The van der Waals surface area contributed by atoms with Crippen molar-refractivity contribution in [2.75, 3.05) is 53.0 Å². The molecule has 0 bridgehead atoms. The van der Waals surface area contributed by atoms with Crippen molar-refractivity contribution >= 4 is 23.5 Å². The van der Waals surface area contributed by atoms with Gasteiger partial charge in [0.15, 0.2) is 11.5 Å². The number of amides is 1. The number of esters is 2. The van der Waals surface area contributed by atoms with Crippen molar-refractivity contribution in [2.24, 2.45) is 0 Å². The third-order valence-corrected chi connectivity index (χ3v) is 7.63. The first kappa shape index (κ1) is 37.4. The number of ether oxygens (including phenoxy) is 5. The number of fused-ring (bicyclic) bond motifs is 3. The number of methoxy groups -OCH3 is 3. The highest BCUT2D eigenvalue weighted by molar-refractivity contribution is 5.84. The van der Waals surface area contributed by atoms with Gasteiger partial charge in [0.2, 0.25) is 17.1 Å². The molecule has 15 nitrogen and oxygen atoms in total. The van der Waals surface area contributed by atoms with E-state index in [0.717, 1.165) is 17.5 Å². The molecule has 0 unspecified atom stereocenters. The molecule has 3 rings (SSSR count). The summed E-state index contributed by atoms with van der Waals surface area (Å²) in [6.07, 6.45) is 3.36. The Balaban J connectivity index is 1.60. The summed E-state index contributed by atoms with van der Waals surface area (Å²) in [4.78, 5) is 63.9. The van der Waals surface area contributed by atoms with Crippen LogP contribution >= 0.6 is 0 Å². The maximum atomic E-state index is 13.4. The molecule has 0 heterocycles. The number of nitrogens with one attached hydrogen (secondary N) is 2. The number of hydrogen-bond acceptors (Lipinski definition) is 13. The minimum absolute atomic E-state index is 0.0334. The second-order valence-corrected chi connectivity index (χ2v) is 10.9. The summed E-state index contributed by atoms with van der Waals surface area (Å²) in [6, 6.07) is 6.34.